The Morgan fingerprint density at radius 3 is 2.00 bits per heavy atom. The summed E-state index contributed by atoms with van der Waals surface area (Å²) in [6.45, 7) is 5.62. The van der Waals surface area contributed by atoms with Gasteiger partial charge in [-0.25, -0.2) is 0 Å². The van der Waals surface area contributed by atoms with Crippen molar-refractivity contribution < 1.29 is 4.79 Å². The molecule has 0 atom stereocenters. The van der Waals surface area contributed by atoms with Gasteiger partial charge in [-0.3, -0.25) is 4.79 Å². The molecule has 0 spiro atoms. The van der Waals surface area contributed by atoms with E-state index in [9.17, 15) is 4.79 Å². The van der Waals surface area contributed by atoms with Crippen LogP contribution in [-0.2, 0) is 4.79 Å². The molecule has 0 fully saturated rings. The van der Waals surface area contributed by atoms with Crippen LogP contribution in [-0.4, -0.2) is 10.6 Å². The molecule has 0 aliphatic heterocycles. The van der Waals surface area contributed by atoms with Crippen molar-refractivity contribution in [3.63, 3.8) is 0 Å². The molecule has 3 heteroatoms. The third-order valence-electron chi connectivity index (χ3n) is 1.75. The molecule has 0 aromatic heterocycles. The lowest BCUT2D eigenvalue weighted by atomic mass is 9.86. The average Bonchev–Trinajstić information content (AvgIpc) is 1.86. The average molecular weight is 183 g/mol. The second-order valence-corrected chi connectivity index (χ2v) is 4.00. The maximum Gasteiger partial charge on any atom is 0.171 e. The zero-order chi connectivity index (χ0) is 8.36. The maximum atomic E-state index is 11.1. The van der Waals surface area contributed by atoms with Gasteiger partial charge in [-0.15, -0.1) is 0 Å². The van der Waals surface area contributed by atoms with E-state index in [1.807, 2.05) is 20.8 Å². The summed E-state index contributed by atoms with van der Waals surface area (Å²) in [4.78, 5) is 10.3. The van der Waals surface area contributed by atoms with E-state index < -0.39 is 4.84 Å². The molecule has 0 amide bonds. The normalized spacial score (nSPS) is 12.2. The van der Waals surface area contributed by atoms with Crippen LogP contribution in [0, 0.1) is 5.41 Å². The van der Waals surface area contributed by atoms with Crippen molar-refractivity contribution >= 4 is 29.0 Å². The largest absolute Gasteiger partial charge is 0.296 e. The van der Waals surface area contributed by atoms with Crippen molar-refractivity contribution in [2.45, 2.75) is 32.0 Å². The molecule has 0 N–H and O–H groups in total. The first-order valence-electron chi connectivity index (χ1n) is 3.24. The van der Waals surface area contributed by atoms with Crippen molar-refractivity contribution in [1.82, 2.24) is 0 Å². The van der Waals surface area contributed by atoms with Gasteiger partial charge in [0.25, 0.3) is 0 Å². The first kappa shape index (κ1) is 10.2. The second kappa shape index (κ2) is 3.59. The first-order chi connectivity index (χ1) is 4.41. The van der Waals surface area contributed by atoms with Crippen molar-refractivity contribution in [2.75, 3.05) is 0 Å². The third kappa shape index (κ3) is 2.47. The first-order valence-corrected chi connectivity index (χ1v) is 4.11. The molecule has 0 unspecified atom stereocenters. The predicted octanol–water partition coefficient (Wildman–Crippen LogP) is 2.80. The summed E-state index contributed by atoms with van der Waals surface area (Å²) in [5.41, 5.74) is -0.381. The van der Waals surface area contributed by atoms with Crippen LogP contribution in [0.25, 0.3) is 0 Å². The highest BCUT2D eigenvalue weighted by molar-refractivity contribution is 6.54. The Bertz CT molecular complexity index is 130. The number of rotatable bonds is 3. The lowest BCUT2D eigenvalue weighted by Crippen LogP contribution is -2.28. The number of alkyl halides is 2. The minimum absolute atomic E-state index is 0.0988. The van der Waals surface area contributed by atoms with Crippen LogP contribution in [0.3, 0.4) is 0 Å². The summed E-state index contributed by atoms with van der Waals surface area (Å²) in [6.07, 6.45) is 0.766. The summed E-state index contributed by atoms with van der Waals surface area (Å²) in [5, 5.41) is 0. The lowest BCUT2D eigenvalue weighted by molar-refractivity contribution is -0.125. The number of Topliss-reactive ketones (excluding diaryl/α,β-unsaturated/α-hetero) is 1. The molecule has 0 aliphatic carbocycles. The predicted molar refractivity (Wildman–Crippen MR) is 44.6 cm³/mol. The maximum absolute atomic E-state index is 11.1. The monoisotopic (exact) mass is 182 g/mol. The van der Waals surface area contributed by atoms with Gasteiger partial charge in [0.2, 0.25) is 0 Å². The molecule has 0 rings (SSSR count). The summed E-state index contributed by atoms with van der Waals surface area (Å²) in [6, 6.07) is 0. The van der Waals surface area contributed by atoms with Gasteiger partial charge >= 0.3 is 0 Å². The smallest absolute Gasteiger partial charge is 0.171 e. The molecular weight excluding hydrogens is 171 g/mol. The highest BCUT2D eigenvalue weighted by Crippen LogP contribution is 2.25. The van der Waals surface area contributed by atoms with Crippen molar-refractivity contribution in [3.05, 3.63) is 0 Å². The van der Waals surface area contributed by atoms with Crippen LogP contribution in [0.4, 0.5) is 0 Å². The topological polar surface area (TPSA) is 17.1 Å². The van der Waals surface area contributed by atoms with Gasteiger partial charge < -0.3 is 0 Å². The van der Waals surface area contributed by atoms with E-state index in [4.69, 9.17) is 23.2 Å². The number of ketones is 1. The lowest BCUT2D eigenvalue weighted by Gasteiger charge is -2.20. The number of carbonyl (C=O) groups is 1. The van der Waals surface area contributed by atoms with Crippen molar-refractivity contribution in [3.8, 4) is 0 Å². The molecule has 0 saturated carbocycles. The Morgan fingerprint density at radius 2 is 1.90 bits per heavy atom. The fourth-order valence-electron chi connectivity index (χ4n) is 0.470. The van der Waals surface area contributed by atoms with Crippen LogP contribution in [0.5, 0.6) is 0 Å². The van der Waals surface area contributed by atoms with Gasteiger partial charge in [-0.1, -0.05) is 44.0 Å². The molecule has 0 bridgehead atoms. The summed E-state index contributed by atoms with van der Waals surface area (Å²) in [7, 11) is 0. The minimum atomic E-state index is -0.880. The fourth-order valence-corrected chi connectivity index (χ4v) is 1.06. The standard InChI is InChI=1S/C7H12Cl2O/c1-4-7(2,3)5(10)6(8)9/h6H,4H2,1-3H3. The molecule has 0 aromatic carbocycles. The molecule has 60 valence electrons. The van der Waals surface area contributed by atoms with Crippen molar-refractivity contribution in [1.29, 1.82) is 0 Å². The number of carbonyl (C=O) groups excluding carboxylic acids is 1. The Labute approximate surface area is 71.7 Å². The summed E-state index contributed by atoms with van der Waals surface area (Å²) < 4.78 is 0. The highest BCUT2D eigenvalue weighted by Gasteiger charge is 2.29. The summed E-state index contributed by atoms with van der Waals surface area (Å²) >= 11 is 10.8. The van der Waals surface area contributed by atoms with Crippen LogP contribution in [0.15, 0.2) is 0 Å². The SMILES string of the molecule is CCC(C)(C)C(=O)C(Cl)Cl. The van der Waals surface area contributed by atoms with Crippen LogP contribution < -0.4 is 0 Å². The molecule has 0 saturated heterocycles. The van der Waals surface area contributed by atoms with E-state index in [1.165, 1.54) is 0 Å². The molecule has 0 radical (unpaired) electrons. The quantitative estimate of drug-likeness (QED) is 0.615. The van der Waals surface area contributed by atoms with E-state index >= 15 is 0 Å². The van der Waals surface area contributed by atoms with Crippen molar-refractivity contribution in [2.24, 2.45) is 5.41 Å². The molecule has 0 aromatic rings. The molecule has 0 heterocycles. The van der Waals surface area contributed by atoms with Gasteiger partial charge in [0.05, 0.1) is 0 Å². The van der Waals surface area contributed by atoms with Gasteiger partial charge in [-0.2, -0.15) is 0 Å². The molecule has 0 aliphatic rings. The van der Waals surface area contributed by atoms with Gasteiger partial charge in [0.15, 0.2) is 10.6 Å². The number of hydrogen-bond acceptors (Lipinski definition) is 1. The van der Waals surface area contributed by atoms with Gasteiger partial charge in [-0.05, 0) is 6.42 Å². The number of halogens is 2. The zero-order valence-corrected chi connectivity index (χ0v) is 7.96. The van der Waals surface area contributed by atoms with Crippen LogP contribution >= 0.6 is 23.2 Å². The van der Waals surface area contributed by atoms with E-state index in [1.54, 1.807) is 0 Å². The Hall–Kier alpha value is 0.250. The second-order valence-electron chi connectivity index (χ2n) is 2.90. The van der Waals surface area contributed by atoms with E-state index in [-0.39, 0.29) is 11.2 Å². The Balaban J connectivity index is 4.19. The van der Waals surface area contributed by atoms with E-state index in [0.29, 0.717) is 0 Å². The summed E-state index contributed by atoms with van der Waals surface area (Å²) in [5.74, 6) is -0.0988. The Kier molecular flexibility index (Phi) is 3.68. The third-order valence-corrected chi connectivity index (χ3v) is 2.15. The minimum Gasteiger partial charge on any atom is -0.296 e. The van der Waals surface area contributed by atoms with E-state index in [2.05, 4.69) is 0 Å². The van der Waals surface area contributed by atoms with Crippen LogP contribution in [0.2, 0.25) is 0 Å². The Morgan fingerprint density at radius 1 is 1.50 bits per heavy atom. The molecular formula is C7H12Cl2O. The van der Waals surface area contributed by atoms with Gasteiger partial charge in [0.1, 0.15) is 0 Å². The zero-order valence-electron chi connectivity index (χ0n) is 6.45. The highest BCUT2D eigenvalue weighted by atomic mass is 35.5. The molecule has 1 nitrogen and oxygen atoms in total. The fraction of sp³-hybridized carbons (Fsp3) is 0.857. The number of hydrogen-bond donors (Lipinski definition) is 0. The van der Waals surface area contributed by atoms with Gasteiger partial charge in [0, 0.05) is 5.41 Å². The van der Waals surface area contributed by atoms with Crippen LogP contribution in [0.1, 0.15) is 27.2 Å². The van der Waals surface area contributed by atoms with E-state index in [0.717, 1.165) is 6.42 Å². The molecule has 10 heavy (non-hydrogen) atoms.